The number of carbonyl (C=O) groups is 2. The van der Waals surface area contributed by atoms with Crippen molar-refractivity contribution >= 4 is 28.6 Å². The molecule has 0 saturated carbocycles. The average Bonchev–Trinajstić information content (AvgIpc) is 3.06. The largest absolute Gasteiger partial charge is 0.494 e. The lowest BCUT2D eigenvalue weighted by Gasteiger charge is -2.28. The van der Waals surface area contributed by atoms with E-state index in [9.17, 15) is 22.8 Å². The summed E-state index contributed by atoms with van der Waals surface area (Å²) < 4.78 is 50.8. The number of nitrogens with zero attached hydrogens (tertiary/aromatic N) is 2. The molecule has 3 rings (SSSR count). The van der Waals surface area contributed by atoms with Crippen LogP contribution >= 0.6 is 0 Å². The molecule has 0 aliphatic carbocycles. The van der Waals surface area contributed by atoms with E-state index in [0.29, 0.717) is 48.0 Å². The predicted molar refractivity (Wildman–Crippen MR) is 132 cm³/mol. The summed E-state index contributed by atoms with van der Waals surface area (Å²) in [7, 11) is 0. The van der Waals surface area contributed by atoms with Gasteiger partial charge in [0.05, 0.1) is 24.4 Å². The van der Waals surface area contributed by atoms with Gasteiger partial charge in [-0.3, -0.25) is 14.3 Å². The van der Waals surface area contributed by atoms with Gasteiger partial charge in [-0.1, -0.05) is 0 Å². The molecule has 36 heavy (non-hydrogen) atoms. The molecule has 0 bridgehead atoms. The molecule has 1 saturated heterocycles. The molecule has 0 radical (unpaired) electrons. The van der Waals surface area contributed by atoms with Crippen molar-refractivity contribution in [1.82, 2.24) is 9.47 Å². The van der Waals surface area contributed by atoms with Gasteiger partial charge in [0.2, 0.25) is 5.91 Å². The molecule has 200 valence electrons. The smallest absolute Gasteiger partial charge is 0.419 e. The zero-order valence-corrected chi connectivity index (χ0v) is 21.4. The first-order valence-corrected chi connectivity index (χ1v) is 12.4. The predicted octanol–water partition coefficient (Wildman–Crippen LogP) is 6.21. The van der Waals surface area contributed by atoms with E-state index >= 15 is 0 Å². The summed E-state index contributed by atoms with van der Waals surface area (Å²) in [5.74, 6) is 0.755. The number of rotatable bonds is 6. The van der Waals surface area contributed by atoms with Crippen LogP contribution in [-0.4, -0.2) is 59.5 Å². The lowest BCUT2D eigenvalue weighted by molar-refractivity contribution is -0.146. The summed E-state index contributed by atoms with van der Waals surface area (Å²) in [5.41, 5.74) is 0.402. The van der Waals surface area contributed by atoms with E-state index in [1.165, 1.54) is 16.4 Å². The number of carbonyl (C=O) groups excluding carboxylic acids is 2. The second-order valence-electron chi connectivity index (χ2n) is 10.4. The van der Waals surface area contributed by atoms with Crippen molar-refractivity contribution in [3.63, 3.8) is 0 Å². The average molecular weight is 512 g/mol. The molecule has 2 aromatic rings. The second kappa shape index (κ2) is 11.5. The number of amides is 1. The Kier molecular flexibility index (Phi) is 8.92. The molecule has 1 N–H and O–H groups in total. The van der Waals surface area contributed by atoms with Crippen molar-refractivity contribution in [2.45, 2.75) is 71.6 Å². The van der Waals surface area contributed by atoms with Gasteiger partial charge in [-0.15, -0.1) is 0 Å². The maximum atomic E-state index is 12.7. The molecular formula is C26H36F3N3O4. The van der Waals surface area contributed by atoms with Crippen LogP contribution in [-0.2, 0) is 9.53 Å². The van der Waals surface area contributed by atoms with Gasteiger partial charge in [-0.05, 0) is 90.1 Å². The zero-order valence-electron chi connectivity index (χ0n) is 21.4. The van der Waals surface area contributed by atoms with Crippen LogP contribution in [0.25, 0.3) is 10.9 Å². The lowest BCUT2D eigenvalue weighted by Crippen LogP contribution is -2.37. The summed E-state index contributed by atoms with van der Waals surface area (Å²) >= 11 is 0. The Bertz CT molecular complexity index is 1050. The van der Waals surface area contributed by atoms with Gasteiger partial charge < -0.3 is 14.8 Å². The van der Waals surface area contributed by atoms with Crippen LogP contribution in [0.4, 0.5) is 23.7 Å². The molecule has 7 nitrogen and oxygen atoms in total. The highest BCUT2D eigenvalue weighted by Gasteiger charge is 2.31. The number of likely N-dealkylation sites (tertiary alicyclic amines) is 1. The fraction of sp³-hybridized carbons (Fsp3) is 0.615. The molecule has 1 fully saturated rings. The van der Waals surface area contributed by atoms with Crippen LogP contribution in [0.15, 0.2) is 24.4 Å². The summed E-state index contributed by atoms with van der Waals surface area (Å²) in [6.07, 6.45) is 0.896. The number of ether oxygens (including phenoxy) is 2. The van der Waals surface area contributed by atoms with Crippen LogP contribution in [0, 0.1) is 5.92 Å². The van der Waals surface area contributed by atoms with Crippen LogP contribution in [0.2, 0.25) is 0 Å². The minimum Gasteiger partial charge on any atom is -0.494 e. The Hall–Kier alpha value is -2.75. The maximum Gasteiger partial charge on any atom is 0.419 e. The van der Waals surface area contributed by atoms with Gasteiger partial charge in [0, 0.05) is 18.5 Å². The monoisotopic (exact) mass is 511 g/mol. The topological polar surface area (TPSA) is 72.8 Å². The molecule has 2 heterocycles. The first kappa shape index (κ1) is 27.8. The molecule has 0 unspecified atom stereocenters. The van der Waals surface area contributed by atoms with Crippen LogP contribution in [0.5, 0.6) is 5.75 Å². The Morgan fingerprint density at radius 1 is 1.11 bits per heavy atom. The molecule has 0 spiro atoms. The number of alkyl halides is 3. The molecule has 1 aliphatic rings. The van der Waals surface area contributed by atoms with E-state index in [-0.39, 0.29) is 5.91 Å². The summed E-state index contributed by atoms with van der Waals surface area (Å²) in [5, 5.41) is 3.41. The Morgan fingerprint density at radius 2 is 1.78 bits per heavy atom. The number of fused-ring (bicyclic) bond motifs is 1. The van der Waals surface area contributed by atoms with Gasteiger partial charge in [0.15, 0.2) is 0 Å². The second-order valence-corrected chi connectivity index (χ2v) is 10.4. The number of nitrogens with one attached hydrogen (secondary N) is 1. The standard InChI is InChI=1S/C26H36F3N3O4/c1-18(33)30-22-16-32(24(34)36-25(2,3)4)23-10-9-20(15-21(22)23)35-14-11-19-7-5-12-31(13-6-8-19)17-26(27,28)29/h9-10,15-16,19H,5-8,11-14,17H2,1-4H3,(H,30,33). The lowest BCUT2D eigenvalue weighted by atomic mass is 9.93. The van der Waals surface area contributed by atoms with Gasteiger partial charge in [0.1, 0.15) is 11.4 Å². The summed E-state index contributed by atoms with van der Waals surface area (Å²) in [6, 6.07) is 5.31. The summed E-state index contributed by atoms with van der Waals surface area (Å²) in [6.45, 7) is 7.32. The van der Waals surface area contributed by atoms with Crippen molar-refractivity contribution < 1.29 is 32.2 Å². The first-order chi connectivity index (χ1) is 16.8. The van der Waals surface area contributed by atoms with Crippen molar-refractivity contribution in [3.05, 3.63) is 24.4 Å². The Morgan fingerprint density at radius 3 is 2.36 bits per heavy atom. The van der Waals surface area contributed by atoms with Crippen LogP contribution < -0.4 is 10.1 Å². The quantitative estimate of drug-likeness (QED) is 0.500. The third-order valence-electron chi connectivity index (χ3n) is 6.05. The van der Waals surface area contributed by atoms with Crippen molar-refractivity contribution in [3.8, 4) is 5.75 Å². The van der Waals surface area contributed by atoms with E-state index < -0.39 is 24.4 Å². The van der Waals surface area contributed by atoms with E-state index in [2.05, 4.69) is 5.32 Å². The number of halogens is 3. The Labute approximate surface area is 209 Å². The van der Waals surface area contributed by atoms with E-state index in [1.807, 2.05) is 0 Å². The zero-order chi connectivity index (χ0) is 26.5. The van der Waals surface area contributed by atoms with Gasteiger partial charge >= 0.3 is 12.3 Å². The highest BCUT2D eigenvalue weighted by atomic mass is 19.4. The number of aromatic nitrogens is 1. The third-order valence-corrected chi connectivity index (χ3v) is 6.05. The molecule has 0 atom stereocenters. The minimum atomic E-state index is -4.15. The van der Waals surface area contributed by atoms with Crippen LogP contribution in [0.1, 0.15) is 59.8 Å². The molecular weight excluding hydrogens is 475 g/mol. The fourth-order valence-electron chi connectivity index (χ4n) is 4.56. The van der Waals surface area contributed by atoms with Crippen molar-refractivity contribution in [2.75, 3.05) is 31.6 Å². The molecule has 1 aliphatic heterocycles. The number of anilines is 1. The third kappa shape index (κ3) is 8.43. The molecule has 10 heteroatoms. The minimum absolute atomic E-state index is 0.261. The maximum absolute atomic E-state index is 12.7. The van der Waals surface area contributed by atoms with E-state index in [4.69, 9.17) is 9.47 Å². The fourth-order valence-corrected chi connectivity index (χ4v) is 4.56. The highest BCUT2D eigenvalue weighted by Crippen LogP contribution is 2.31. The van der Waals surface area contributed by atoms with Gasteiger partial charge in [-0.2, -0.15) is 13.2 Å². The molecule has 1 aromatic carbocycles. The van der Waals surface area contributed by atoms with Crippen LogP contribution in [0.3, 0.4) is 0 Å². The SMILES string of the molecule is CC(=O)Nc1cn(C(=O)OC(C)(C)C)c2ccc(OCCC3CCCN(CC(F)(F)F)CCC3)cc12. The van der Waals surface area contributed by atoms with Gasteiger partial charge in [-0.25, -0.2) is 4.79 Å². The van der Waals surface area contributed by atoms with Gasteiger partial charge in [0.25, 0.3) is 0 Å². The van der Waals surface area contributed by atoms with Crippen molar-refractivity contribution in [2.24, 2.45) is 5.92 Å². The number of benzene rings is 1. The normalized spacial score (nSPS) is 16.4. The number of hydrogen-bond acceptors (Lipinski definition) is 5. The highest BCUT2D eigenvalue weighted by molar-refractivity contribution is 6.04. The van der Waals surface area contributed by atoms with E-state index in [1.54, 1.807) is 45.2 Å². The summed E-state index contributed by atoms with van der Waals surface area (Å²) in [4.78, 5) is 25.9. The number of hydrogen-bond donors (Lipinski definition) is 1. The van der Waals surface area contributed by atoms with E-state index in [0.717, 1.165) is 32.1 Å². The first-order valence-electron chi connectivity index (χ1n) is 12.4. The molecule has 1 aromatic heterocycles. The Balaban J connectivity index is 1.62. The molecule has 1 amide bonds. The van der Waals surface area contributed by atoms with Crippen molar-refractivity contribution in [1.29, 1.82) is 0 Å².